The first-order valence-electron chi connectivity index (χ1n) is 12.5. The quantitative estimate of drug-likeness (QED) is 0.386. The highest BCUT2D eigenvalue weighted by atomic mass is 19.1. The number of piperazine rings is 1. The van der Waals surface area contributed by atoms with E-state index in [0.717, 1.165) is 6.20 Å². The molecule has 0 radical (unpaired) electrons. The van der Waals surface area contributed by atoms with Crippen LogP contribution in [0, 0.1) is 11.6 Å². The summed E-state index contributed by atoms with van der Waals surface area (Å²) in [6, 6.07) is 6.16. The van der Waals surface area contributed by atoms with Crippen molar-refractivity contribution in [2.45, 2.75) is 39.0 Å². The summed E-state index contributed by atoms with van der Waals surface area (Å²) in [6.07, 6.45) is 2.36. The number of anilines is 4. The smallest absolute Gasteiger partial charge is 0.255 e. The molecule has 0 saturated carbocycles. The molecule has 0 aliphatic carbocycles. The van der Waals surface area contributed by atoms with Crippen LogP contribution in [0.5, 0.6) is 0 Å². The molecule has 5 rings (SSSR count). The molecule has 1 saturated heterocycles. The zero-order valence-electron chi connectivity index (χ0n) is 21.4. The number of rotatable bonds is 6. The minimum atomic E-state index is -0.684. The van der Waals surface area contributed by atoms with E-state index in [1.54, 1.807) is 23.1 Å². The third kappa shape index (κ3) is 4.96. The van der Waals surface area contributed by atoms with E-state index in [4.69, 9.17) is 0 Å². The van der Waals surface area contributed by atoms with Gasteiger partial charge in [0.1, 0.15) is 17.3 Å². The van der Waals surface area contributed by atoms with Crippen molar-refractivity contribution < 1.29 is 18.7 Å². The Balaban J connectivity index is 1.36. The lowest BCUT2D eigenvalue weighted by Gasteiger charge is -2.32. The van der Waals surface area contributed by atoms with Crippen molar-refractivity contribution in [3.63, 3.8) is 0 Å². The van der Waals surface area contributed by atoms with Gasteiger partial charge in [-0.3, -0.25) is 4.79 Å². The standard InChI is InChI=1S/C26H30F2N8O2/c1-14(2)36-15(3)32-24-19(27)8-17(9-21(24)36)23-20(28)11-31-26(34-23)33-22-5-4-16(10-30-22)25(38)35-7-6-29-18(12-35)13-37/h4-5,8-11,14-15,18,29,32,37H,6-7,12-13H2,1-3H3,(H,30,31,33,34). The van der Waals surface area contributed by atoms with E-state index in [1.165, 1.54) is 12.3 Å². The molecule has 2 aliphatic rings. The normalized spacial score (nSPS) is 18.9. The highest BCUT2D eigenvalue weighted by molar-refractivity contribution is 5.94. The summed E-state index contributed by atoms with van der Waals surface area (Å²) in [4.78, 5) is 29.1. The van der Waals surface area contributed by atoms with E-state index in [-0.39, 0.29) is 48.0 Å². The Hall–Kier alpha value is -3.90. The van der Waals surface area contributed by atoms with E-state index in [1.807, 2.05) is 25.7 Å². The number of nitrogens with one attached hydrogen (secondary N) is 3. The Morgan fingerprint density at radius 1 is 1.21 bits per heavy atom. The van der Waals surface area contributed by atoms with Gasteiger partial charge in [-0.05, 0) is 45.0 Å². The Kier molecular flexibility index (Phi) is 7.09. The molecule has 12 heteroatoms. The Labute approximate surface area is 219 Å². The van der Waals surface area contributed by atoms with Crippen molar-refractivity contribution in [3.05, 3.63) is 53.9 Å². The van der Waals surface area contributed by atoms with E-state index in [2.05, 4.69) is 30.9 Å². The van der Waals surface area contributed by atoms with Gasteiger partial charge in [0.2, 0.25) is 5.95 Å². The predicted molar refractivity (Wildman–Crippen MR) is 140 cm³/mol. The van der Waals surface area contributed by atoms with Crippen LogP contribution in [0.2, 0.25) is 0 Å². The number of carbonyl (C=O) groups is 1. The highest BCUT2D eigenvalue weighted by Crippen LogP contribution is 2.41. The molecule has 200 valence electrons. The van der Waals surface area contributed by atoms with Crippen LogP contribution in [0.25, 0.3) is 11.3 Å². The van der Waals surface area contributed by atoms with Crippen molar-refractivity contribution >= 4 is 29.0 Å². The lowest BCUT2D eigenvalue weighted by Crippen LogP contribution is -2.54. The van der Waals surface area contributed by atoms with Crippen LogP contribution in [0.4, 0.5) is 31.9 Å². The average molecular weight is 525 g/mol. The monoisotopic (exact) mass is 524 g/mol. The number of nitrogens with zero attached hydrogens (tertiary/aromatic N) is 5. The Morgan fingerprint density at radius 2 is 2.03 bits per heavy atom. The van der Waals surface area contributed by atoms with Gasteiger partial charge >= 0.3 is 0 Å². The fraction of sp³-hybridized carbons (Fsp3) is 0.385. The second-order valence-corrected chi connectivity index (χ2v) is 9.71. The van der Waals surface area contributed by atoms with E-state index in [0.29, 0.717) is 42.4 Å². The minimum Gasteiger partial charge on any atom is -0.395 e. The van der Waals surface area contributed by atoms with Crippen molar-refractivity contribution in [2.24, 2.45) is 0 Å². The summed E-state index contributed by atoms with van der Waals surface area (Å²) in [7, 11) is 0. The molecule has 1 amide bonds. The number of hydrogen-bond acceptors (Lipinski definition) is 9. The van der Waals surface area contributed by atoms with Gasteiger partial charge in [-0.15, -0.1) is 0 Å². The summed E-state index contributed by atoms with van der Waals surface area (Å²) in [5, 5.41) is 18.6. The van der Waals surface area contributed by atoms with Crippen LogP contribution in [0.15, 0.2) is 36.7 Å². The van der Waals surface area contributed by atoms with Crippen LogP contribution in [-0.2, 0) is 0 Å². The number of amides is 1. The van der Waals surface area contributed by atoms with Gasteiger partial charge in [0.05, 0.1) is 35.9 Å². The molecule has 10 nitrogen and oxygen atoms in total. The number of pyridine rings is 1. The topological polar surface area (TPSA) is 119 Å². The predicted octanol–water partition coefficient (Wildman–Crippen LogP) is 2.95. The van der Waals surface area contributed by atoms with Gasteiger partial charge in [0.15, 0.2) is 5.82 Å². The van der Waals surface area contributed by atoms with Crippen LogP contribution >= 0.6 is 0 Å². The van der Waals surface area contributed by atoms with Crippen LogP contribution in [-0.4, -0.2) is 75.4 Å². The number of fused-ring (bicyclic) bond motifs is 1. The third-order valence-corrected chi connectivity index (χ3v) is 6.71. The molecule has 2 atom stereocenters. The molecule has 4 heterocycles. The van der Waals surface area contributed by atoms with Crippen molar-refractivity contribution in [3.8, 4) is 11.3 Å². The number of aromatic nitrogens is 3. The first-order chi connectivity index (χ1) is 18.2. The molecule has 1 fully saturated rings. The largest absolute Gasteiger partial charge is 0.395 e. The lowest BCUT2D eigenvalue weighted by molar-refractivity contribution is 0.0671. The first kappa shape index (κ1) is 25.7. The zero-order chi connectivity index (χ0) is 27.0. The number of aliphatic hydroxyl groups excluding tert-OH is 1. The summed E-state index contributed by atoms with van der Waals surface area (Å²) < 4.78 is 29.8. The van der Waals surface area contributed by atoms with E-state index in [9.17, 15) is 18.7 Å². The van der Waals surface area contributed by atoms with Crippen molar-refractivity contribution in [2.75, 3.05) is 41.8 Å². The average Bonchev–Trinajstić information content (AvgIpc) is 3.26. The molecule has 2 aromatic heterocycles. The molecule has 3 aromatic rings. The van der Waals surface area contributed by atoms with Gasteiger partial charge in [-0.1, -0.05) is 0 Å². The lowest BCUT2D eigenvalue weighted by atomic mass is 10.1. The molecule has 0 bridgehead atoms. The SMILES string of the molecule is CC(C)N1c2cc(-c3nc(Nc4ccc(C(=O)N5CCNC(CO)C5)cn4)ncc3F)cc(F)c2NC1C. The number of halogens is 2. The number of benzene rings is 1. The maximum atomic E-state index is 15.0. The number of carbonyl (C=O) groups excluding carboxylic acids is 1. The zero-order valence-corrected chi connectivity index (χ0v) is 21.4. The second kappa shape index (κ2) is 10.5. The third-order valence-electron chi connectivity index (χ3n) is 6.71. The van der Waals surface area contributed by atoms with Gasteiger partial charge in [-0.2, -0.15) is 0 Å². The summed E-state index contributed by atoms with van der Waals surface area (Å²) in [5.74, 6) is -0.916. The molecule has 2 aliphatic heterocycles. The van der Waals surface area contributed by atoms with Gasteiger partial charge in [0, 0.05) is 43.5 Å². The molecular formula is C26H30F2N8O2. The second-order valence-electron chi connectivity index (χ2n) is 9.71. The van der Waals surface area contributed by atoms with E-state index >= 15 is 0 Å². The van der Waals surface area contributed by atoms with E-state index < -0.39 is 11.6 Å². The minimum absolute atomic E-state index is 0.0450. The summed E-state index contributed by atoms with van der Waals surface area (Å²) in [6.45, 7) is 7.46. The number of hydrogen-bond donors (Lipinski definition) is 4. The van der Waals surface area contributed by atoms with Crippen molar-refractivity contribution in [1.29, 1.82) is 0 Å². The highest BCUT2D eigenvalue weighted by Gasteiger charge is 2.31. The fourth-order valence-corrected chi connectivity index (χ4v) is 4.94. The number of aliphatic hydroxyl groups is 1. The van der Waals surface area contributed by atoms with Crippen LogP contribution < -0.4 is 20.9 Å². The maximum Gasteiger partial charge on any atom is 0.255 e. The molecular weight excluding hydrogens is 494 g/mol. The Bertz CT molecular complexity index is 1340. The van der Waals surface area contributed by atoms with Gasteiger partial charge in [0.25, 0.3) is 5.91 Å². The summed E-state index contributed by atoms with van der Waals surface area (Å²) >= 11 is 0. The van der Waals surface area contributed by atoms with Gasteiger partial charge in [-0.25, -0.2) is 23.7 Å². The van der Waals surface area contributed by atoms with Crippen LogP contribution in [0.3, 0.4) is 0 Å². The Morgan fingerprint density at radius 3 is 2.74 bits per heavy atom. The summed E-state index contributed by atoms with van der Waals surface area (Å²) in [5.41, 5.74) is 1.68. The molecule has 38 heavy (non-hydrogen) atoms. The van der Waals surface area contributed by atoms with Crippen molar-refractivity contribution in [1.82, 2.24) is 25.2 Å². The molecule has 4 N–H and O–H groups in total. The molecule has 2 unspecified atom stereocenters. The van der Waals surface area contributed by atoms with Gasteiger partial charge < -0.3 is 30.9 Å². The molecule has 0 spiro atoms. The maximum absolute atomic E-state index is 15.0. The fourth-order valence-electron chi connectivity index (χ4n) is 4.94. The molecule has 1 aromatic carbocycles. The first-order valence-corrected chi connectivity index (χ1v) is 12.5. The van der Waals surface area contributed by atoms with Crippen LogP contribution in [0.1, 0.15) is 31.1 Å².